The van der Waals surface area contributed by atoms with Crippen molar-refractivity contribution in [2.24, 2.45) is 0 Å². The number of hydrogen-bond acceptors (Lipinski definition) is 6. The molecule has 0 spiro atoms. The number of rotatable bonds is 8. The highest BCUT2D eigenvalue weighted by molar-refractivity contribution is 7.91. The summed E-state index contributed by atoms with van der Waals surface area (Å²) in [4.78, 5) is 34.4. The second kappa shape index (κ2) is 9.62. The van der Waals surface area contributed by atoms with Gasteiger partial charge in [-0.1, -0.05) is 30.3 Å². The molecule has 168 valence electrons. The second-order valence-corrected chi connectivity index (χ2v) is 9.93. The van der Waals surface area contributed by atoms with Gasteiger partial charge in [0.1, 0.15) is 5.82 Å². The van der Waals surface area contributed by atoms with Gasteiger partial charge in [-0.15, -0.1) is 0 Å². The SMILES string of the molecule is O=C(CCS(=O)(=O)c1ccccc1)N(Cc1nc2ccccc2c(=O)[nH]1)C[C@@H]1CCCO1. The molecule has 8 nitrogen and oxygen atoms in total. The molecule has 0 aliphatic carbocycles. The lowest BCUT2D eigenvalue weighted by atomic mass is 10.2. The van der Waals surface area contributed by atoms with E-state index in [0.717, 1.165) is 12.8 Å². The van der Waals surface area contributed by atoms with E-state index in [-0.39, 0.29) is 41.2 Å². The second-order valence-electron chi connectivity index (χ2n) is 7.82. The van der Waals surface area contributed by atoms with Gasteiger partial charge in [0.15, 0.2) is 9.84 Å². The van der Waals surface area contributed by atoms with Gasteiger partial charge in [-0.3, -0.25) is 9.59 Å². The number of H-pyrrole nitrogens is 1. The fraction of sp³-hybridized carbons (Fsp3) is 0.348. The van der Waals surface area contributed by atoms with Crippen LogP contribution in [0.1, 0.15) is 25.1 Å². The summed E-state index contributed by atoms with van der Waals surface area (Å²) in [5.74, 6) is -0.263. The van der Waals surface area contributed by atoms with E-state index in [1.807, 2.05) is 0 Å². The number of benzene rings is 2. The van der Waals surface area contributed by atoms with Crippen LogP contribution in [0.25, 0.3) is 10.9 Å². The van der Waals surface area contributed by atoms with Gasteiger partial charge in [-0.2, -0.15) is 0 Å². The van der Waals surface area contributed by atoms with Crippen molar-refractivity contribution in [3.63, 3.8) is 0 Å². The number of sulfone groups is 1. The monoisotopic (exact) mass is 455 g/mol. The van der Waals surface area contributed by atoms with E-state index < -0.39 is 9.84 Å². The number of carbonyl (C=O) groups excluding carboxylic acids is 1. The molecule has 32 heavy (non-hydrogen) atoms. The topological polar surface area (TPSA) is 109 Å². The molecule has 1 aliphatic heterocycles. The Morgan fingerprint density at radius 1 is 1.12 bits per heavy atom. The molecule has 4 rings (SSSR count). The fourth-order valence-electron chi connectivity index (χ4n) is 3.80. The van der Waals surface area contributed by atoms with Crippen LogP contribution in [0.4, 0.5) is 0 Å². The Hall–Kier alpha value is -3.04. The molecule has 1 saturated heterocycles. The largest absolute Gasteiger partial charge is 0.376 e. The van der Waals surface area contributed by atoms with E-state index in [0.29, 0.717) is 29.9 Å². The molecule has 0 unspecified atom stereocenters. The number of aromatic amines is 1. The van der Waals surface area contributed by atoms with Gasteiger partial charge in [-0.05, 0) is 37.1 Å². The zero-order valence-electron chi connectivity index (χ0n) is 17.6. The van der Waals surface area contributed by atoms with E-state index >= 15 is 0 Å². The Morgan fingerprint density at radius 2 is 1.88 bits per heavy atom. The molecule has 1 aromatic heterocycles. The van der Waals surface area contributed by atoms with Gasteiger partial charge in [0, 0.05) is 19.6 Å². The Kier molecular flexibility index (Phi) is 6.66. The predicted molar refractivity (Wildman–Crippen MR) is 120 cm³/mol. The Labute approximate surface area is 186 Å². The van der Waals surface area contributed by atoms with Crippen LogP contribution in [0.3, 0.4) is 0 Å². The first-order chi connectivity index (χ1) is 15.4. The molecule has 2 heterocycles. The van der Waals surface area contributed by atoms with E-state index in [4.69, 9.17) is 4.74 Å². The third-order valence-corrected chi connectivity index (χ3v) is 7.22. The molecule has 3 aromatic rings. The molecule has 1 fully saturated rings. The molecule has 2 aromatic carbocycles. The Bertz CT molecular complexity index is 1250. The van der Waals surface area contributed by atoms with Gasteiger partial charge in [0.25, 0.3) is 5.56 Å². The maximum Gasteiger partial charge on any atom is 0.258 e. The molecule has 0 bridgehead atoms. The molecular weight excluding hydrogens is 430 g/mol. The maximum absolute atomic E-state index is 13.0. The van der Waals surface area contributed by atoms with Crippen molar-refractivity contribution in [1.82, 2.24) is 14.9 Å². The number of amides is 1. The first-order valence-electron chi connectivity index (χ1n) is 10.6. The normalized spacial score (nSPS) is 16.3. The summed E-state index contributed by atoms with van der Waals surface area (Å²) >= 11 is 0. The van der Waals surface area contributed by atoms with Gasteiger partial charge < -0.3 is 14.6 Å². The number of para-hydroxylation sites is 1. The third kappa shape index (κ3) is 5.23. The van der Waals surface area contributed by atoms with Crippen molar-refractivity contribution in [2.45, 2.75) is 36.8 Å². The minimum Gasteiger partial charge on any atom is -0.376 e. The lowest BCUT2D eigenvalue weighted by molar-refractivity contribution is -0.133. The van der Waals surface area contributed by atoms with Crippen molar-refractivity contribution in [1.29, 1.82) is 0 Å². The van der Waals surface area contributed by atoms with Crippen LogP contribution in [0, 0.1) is 0 Å². The average molecular weight is 456 g/mol. The smallest absolute Gasteiger partial charge is 0.258 e. The quantitative estimate of drug-likeness (QED) is 0.558. The Morgan fingerprint density at radius 3 is 2.62 bits per heavy atom. The van der Waals surface area contributed by atoms with Crippen molar-refractivity contribution >= 4 is 26.6 Å². The van der Waals surface area contributed by atoms with E-state index in [9.17, 15) is 18.0 Å². The van der Waals surface area contributed by atoms with Gasteiger partial charge in [0.2, 0.25) is 5.91 Å². The minimum atomic E-state index is -3.58. The summed E-state index contributed by atoms with van der Waals surface area (Å²) < 4.78 is 30.9. The van der Waals surface area contributed by atoms with E-state index in [2.05, 4.69) is 9.97 Å². The van der Waals surface area contributed by atoms with Crippen LogP contribution in [0.5, 0.6) is 0 Å². The number of ether oxygens (including phenoxy) is 1. The number of hydrogen-bond donors (Lipinski definition) is 1. The van der Waals surface area contributed by atoms with Crippen LogP contribution in [-0.2, 0) is 25.9 Å². The third-order valence-electron chi connectivity index (χ3n) is 5.49. The van der Waals surface area contributed by atoms with Gasteiger partial charge in [0.05, 0.1) is 34.2 Å². The number of nitrogens with one attached hydrogen (secondary N) is 1. The van der Waals surface area contributed by atoms with Crippen molar-refractivity contribution < 1.29 is 17.9 Å². The molecule has 0 saturated carbocycles. The highest BCUT2D eigenvalue weighted by atomic mass is 32.2. The van der Waals surface area contributed by atoms with Crippen molar-refractivity contribution in [2.75, 3.05) is 18.9 Å². The number of fused-ring (bicyclic) bond motifs is 1. The highest BCUT2D eigenvalue weighted by Gasteiger charge is 2.25. The van der Waals surface area contributed by atoms with Crippen LogP contribution in [-0.4, -0.2) is 54.2 Å². The molecule has 0 radical (unpaired) electrons. The Balaban J connectivity index is 1.52. The fourth-order valence-corrected chi connectivity index (χ4v) is 5.06. The molecule has 1 N–H and O–H groups in total. The summed E-state index contributed by atoms with van der Waals surface area (Å²) in [5, 5.41) is 0.474. The minimum absolute atomic E-state index is 0.0736. The summed E-state index contributed by atoms with van der Waals surface area (Å²) in [7, 11) is -3.58. The molecular formula is C23H25N3O5S. The lowest BCUT2D eigenvalue weighted by Gasteiger charge is -2.25. The molecule has 1 aliphatic rings. The summed E-state index contributed by atoms with van der Waals surface area (Å²) in [6.45, 7) is 1.03. The number of aromatic nitrogens is 2. The molecule has 1 atom stereocenters. The summed E-state index contributed by atoms with van der Waals surface area (Å²) in [6, 6.07) is 15.1. The van der Waals surface area contributed by atoms with Crippen LogP contribution in [0.15, 0.2) is 64.3 Å². The lowest BCUT2D eigenvalue weighted by Crippen LogP contribution is -2.38. The van der Waals surface area contributed by atoms with Crippen LogP contribution in [0.2, 0.25) is 0 Å². The number of nitrogens with zero attached hydrogens (tertiary/aromatic N) is 2. The molecule has 9 heteroatoms. The standard InChI is InChI=1S/C23H25N3O5S/c27-22(12-14-32(29,30)18-8-2-1-3-9-18)26(15-17-7-6-13-31-17)16-21-24-20-11-5-4-10-19(20)23(28)25-21/h1-5,8-11,17H,6-7,12-16H2,(H,24,25,28)/t17-/m0/s1. The van der Waals surface area contributed by atoms with E-state index in [1.165, 1.54) is 17.0 Å². The summed E-state index contributed by atoms with van der Waals surface area (Å²) in [5.41, 5.74) is 0.268. The first kappa shape index (κ1) is 22.2. The van der Waals surface area contributed by atoms with Gasteiger partial charge in [-0.25, -0.2) is 13.4 Å². The zero-order chi connectivity index (χ0) is 22.6. The number of carbonyl (C=O) groups is 1. The van der Waals surface area contributed by atoms with Crippen LogP contribution < -0.4 is 5.56 Å². The van der Waals surface area contributed by atoms with Gasteiger partial charge >= 0.3 is 0 Å². The first-order valence-corrected chi connectivity index (χ1v) is 12.2. The van der Waals surface area contributed by atoms with Crippen molar-refractivity contribution in [3.8, 4) is 0 Å². The molecule has 1 amide bonds. The highest BCUT2D eigenvalue weighted by Crippen LogP contribution is 2.17. The predicted octanol–water partition coefficient (Wildman–Crippen LogP) is 2.29. The maximum atomic E-state index is 13.0. The van der Waals surface area contributed by atoms with Crippen molar-refractivity contribution in [3.05, 3.63) is 70.8 Å². The average Bonchev–Trinajstić information content (AvgIpc) is 3.31. The van der Waals surface area contributed by atoms with E-state index in [1.54, 1.807) is 42.5 Å². The van der Waals surface area contributed by atoms with Crippen LogP contribution >= 0.6 is 0 Å². The zero-order valence-corrected chi connectivity index (χ0v) is 18.4. The summed E-state index contributed by atoms with van der Waals surface area (Å²) in [6.07, 6.45) is 1.47.